The van der Waals surface area contributed by atoms with Crippen LogP contribution in [-0.4, -0.2) is 58.4 Å². The smallest absolute Gasteiger partial charge is 0.181 e. The van der Waals surface area contributed by atoms with Crippen molar-refractivity contribution >= 4 is 9.84 Å². The molecule has 0 heterocycles. The van der Waals surface area contributed by atoms with E-state index in [1.54, 1.807) is 44.6 Å². The van der Waals surface area contributed by atoms with E-state index in [0.29, 0.717) is 19.8 Å². The first-order chi connectivity index (χ1) is 18.8. The first-order valence-corrected chi connectivity index (χ1v) is 14.7. The van der Waals surface area contributed by atoms with Crippen molar-refractivity contribution in [3.63, 3.8) is 0 Å². The zero-order valence-corrected chi connectivity index (χ0v) is 23.8. The summed E-state index contributed by atoms with van der Waals surface area (Å²) in [7, 11) is -0.544. The third kappa shape index (κ3) is 9.74. The van der Waals surface area contributed by atoms with Crippen molar-refractivity contribution < 1.29 is 32.5 Å². The molecule has 3 aromatic rings. The highest BCUT2D eigenvalue weighted by molar-refractivity contribution is 7.92. The second-order valence-electron chi connectivity index (χ2n) is 9.72. The molecule has 1 N–H and O–H groups in total. The van der Waals surface area contributed by atoms with E-state index < -0.39 is 21.2 Å². The van der Waals surface area contributed by atoms with Crippen LogP contribution in [0.15, 0.2) is 89.8 Å². The summed E-state index contributed by atoms with van der Waals surface area (Å²) in [6.45, 7) is 3.15. The Hall–Kier alpha value is -2.75. The molecule has 1 unspecified atom stereocenters. The minimum absolute atomic E-state index is 0.0584. The average molecular weight is 557 g/mol. The minimum Gasteiger partial charge on any atom is -0.497 e. The minimum atomic E-state index is -3.72. The molecular weight excluding hydrogens is 516 g/mol. The third-order valence-electron chi connectivity index (χ3n) is 6.70. The van der Waals surface area contributed by atoms with Crippen LogP contribution in [0.1, 0.15) is 30.9 Å². The number of sulfone groups is 1. The summed E-state index contributed by atoms with van der Waals surface area (Å²) in [5.41, 5.74) is 2.01. The molecule has 0 radical (unpaired) electrons. The van der Waals surface area contributed by atoms with Crippen LogP contribution in [-0.2, 0) is 37.3 Å². The molecule has 0 aliphatic heterocycles. The van der Waals surface area contributed by atoms with E-state index in [-0.39, 0.29) is 36.4 Å². The fraction of sp³-hybridized carbons (Fsp3) is 0.419. The maximum absolute atomic E-state index is 13.7. The van der Waals surface area contributed by atoms with Crippen LogP contribution in [0.4, 0.5) is 0 Å². The van der Waals surface area contributed by atoms with E-state index in [2.05, 4.69) is 0 Å². The largest absolute Gasteiger partial charge is 0.497 e. The Balaban J connectivity index is 1.62. The van der Waals surface area contributed by atoms with E-state index in [1.807, 2.05) is 61.5 Å². The molecule has 8 heteroatoms. The number of hydrogen-bond acceptors (Lipinski definition) is 7. The summed E-state index contributed by atoms with van der Waals surface area (Å²) in [5, 5.41) is 10.2. The summed E-state index contributed by atoms with van der Waals surface area (Å²) in [6, 6.07) is 25.7. The lowest BCUT2D eigenvalue weighted by molar-refractivity contribution is -0.0250. The average Bonchev–Trinajstić information content (AvgIpc) is 2.96. The summed E-state index contributed by atoms with van der Waals surface area (Å²) < 4.78 is 49.7. The molecule has 3 rings (SSSR count). The van der Waals surface area contributed by atoms with Gasteiger partial charge in [0, 0.05) is 13.5 Å². The van der Waals surface area contributed by atoms with E-state index in [9.17, 15) is 13.5 Å². The zero-order chi connectivity index (χ0) is 28.1. The second-order valence-corrected chi connectivity index (χ2v) is 11.9. The topological polar surface area (TPSA) is 91.3 Å². The SMILES string of the molecule is COc1ccc(COC[C@H](C)C(C[C@H](O)C[C@@H](COCc2ccccc2)OC)S(=O)(=O)c2ccccc2)cc1. The highest BCUT2D eigenvalue weighted by Gasteiger charge is 2.35. The first-order valence-electron chi connectivity index (χ1n) is 13.2. The van der Waals surface area contributed by atoms with Gasteiger partial charge in [0.1, 0.15) is 5.75 Å². The van der Waals surface area contributed by atoms with E-state index in [1.165, 1.54) is 0 Å². The summed E-state index contributed by atoms with van der Waals surface area (Å²) in [5.74, 6) is 0.397. The molecule has 7 nitrogen and oxygen atoms in total. The molecule has 0 saturated heterocycles. The molecule has 0 bridgehead atoms. The van der Waals surface area contributed by atoms with Crippen molar-refractivity contribution in [3.8, 4) is 5.75 Å². The molecule has 3 aromatic carbocycles. The lowest BCUT2D eigenvalue weighted by Crippen LogP contribution is -2.36. The highest BCUT2D eigenvalue weighted by Crippen LogP contribution is 2.27. The van der Waals surface area contributed by atoms with Crippen molar-refractivity contribution in [2.75, 3.05) is 27.4 Å². The fourth-order valence-electron chi connectivity index (χ4n) is 4.42. The van der Waals surface area contributed by atoms with Gasteiger partial charge in [-0.1, -0.05) is 67.6 Å². The summed E-state index contributed by atoms with van der Waals surface area (Å²) >= 11 is 0. The second kappa shape index (κ2) is 15.7. The van der Waals surface area contributed by atoms with Crippen LogP contribution < -0.4 is 4.74 Å². The van der Waals surface area contributed by atoms with Crippen LogP contribution in [0.5, 0.6) is 5.75 Å². The maximum atomic E-state index is 13.7. The number of aliphatic hydroxyl groups excluding tert-OH is 1. The molecule has 0 saturated carbocycles. The van der Waals surface area contributed by atoms with Crippen molar-refractivity contribution in [3.05, 3.63) is 96.1 Å². The summed E-state index contributed by atoms with van der Waals surface area (Å²) in [4.78, 5) is 0.235. The third-order valence-corrected chi connectivity index (χ3v) is 9.08. The Labute approximate surface area is 232 Å². The molecule has 0 amide bonds. The van der Waals surface area contributed by atoms with Gasteiger partial charge in [0.2, 0.25) is 0 Å². The number of rotatable bonds is 17. The number of hydrogen-bond donors (Lipinski definition) is 1. The van der Waals surface area contributed by atoms with Crippen LogP contribution in [0.3, 0.4) is 0 Å². The summed E-state index contributed by atoms with van der Waals surface area (Å²) in [6.07, 6.45) is -0.956. The Morgan fingerprint density at radius 3 is 1.90 bits per heavy atom. The quantitative estimate of drug-likeness (QED) is 0.248. The molecule has 0 aromatic heterocycles. The van der Waals surface area contributed by atoms with Gasteiger partial charge >= 0.3 is 0 Å². The van der Waals surface area contributed by atoms with Crippen molar-refractivity contribution in [2.24, 2.45) is 5.92 Å². The van der Waals surface area contributed by atoms with Gasteiger partial charge in [0.15, 0.2) is 9.84 Å². The van der Waals surface area contributed by atoms with Crippen molar-refractivity contribution in [1.82, 2.24) is 0 Å². The van der Waals surface area contributed by atoms with Crippen LogP contribution in [0, 0.1) is 5.92 Å². The van der Waals surface area contributed by atoms with Gasteiger partial charge < -0.3 is 24.1 Å². The molecule has 0 aliphatic rings. The maximum Gasteiger partial charge on any atom is 0.181 e. The number of benzene rings is 3. The molecule has 0 spiro atoms. The monoisotopic (exact) mass is 556 g/mol. The van der Waals surface area contributed by atoms with Crippen LogP contribution in [0.25, 0.3) is 0 Å². The fourth-order valence-corrected chi connectivity index (χ4v) is 6.48. The number of aliphatic hydroxyl groups is 1. The predicted octanol–water partition coefficient (Wildman–Crippen LogP) is 5.06. The van der Waals surface area contributed by atoms with Gasteiger partial charge in [-0.2, -0.15) is 0 Å². The van der Waals surface area contributed by atoms with Crippen LogP contribution in [0.2, 0.25) is 0 Å². The molecule has 39 heavy (non-hydrogen) atoms. The highest BCUT2D eigenvalue weighted by atomic mass is 32.2. The zero-order valence-electron chi connectivity index (χ0n) is 22.9. The lowest BCUT2D eigenvalue weighted by atomic mass is 9.99. The van der Waals surface area contributed by atoms with E-state index >= 15 is 0 Å². The Morgan fingerprint density at radius 2 is 1.31 bits per heavy atom. The van der Waals surface area contributed by atoms with Gasteiger partial charge in [-0.25, -0.2) is 8.42 Å². The van der Waals surface area contributed by atoms with E-state index in [0.717, 1.165) is 16.9 Å². The van der Waals surface area contributed by atoms with Gasteiger partial charge in [-0.15, -0.1) is 0 Å². The van der Waals surface area contributed by atoms with Crippen LogP contribution >= 0.6 is 0 Å². The van der Waals surface area contributed by atoms with Crippen molar-refractivity contribution in [2.45, 2.75) is 55.3 Å². The van der Waals surface area contributed by atoms with Gasteiger partial charge in [-0.3, -0.25) is 0 Å². The lowest BCUT2D eigenvalue weighted by Gasteiger charge is -2.28. The van der Waals surface area contributed by atoms with E-state index in [4.69, 9.17) is 18.9 Å². The standard InChI is InChI=1S/C31H40O7S/c1-24(20-37-22-26-14-16-28(35-2)17-15-26)31(39(33,34)30-12-8-5-9-13-30)19-27(32)18-29(36-3)23-38-21-25-10-6-4-7-11-25/h4-17,24,27,29,31-32H,18-23H2,1-3H3/t24-,27+,29-,31?/m0/s1. The molecule has 0 fully saturated rings. The number of ether oxygens (including phenoxy) is 4. The number of methoxy groups -OCH3 is 2. The predicted molar refractivity (Wildman–Crippen MR) is 151 cm³/mol. The Morgan fingerprint density at radius 1 is 0.744 bits per heavy atom. The van der Waals surface area contributed by atoms with Gasteiger partial charge in [0.25, 0.3) is 0 Å². The Kier molecular flexibility index (Phi) is 12.4. The first kappa shape index (κ1) is 30.8. The molecular formula is C31H40O7S. The van der Waals surface area contributed by atoms with Gasteiger partial charge in [-0.05, 0) is 47.7 Å². The normalized spacial score (nSPS) is 14.9. The van der Waals surface area contributed by atoms with Gasteiger partial charge in [0.05, 0.1) is 55.9 Å². The molecule has 4 atom stereocenters. The molecule has 212 valence electrons. The molecule has 0 aliphatic carbocycles. The van der Waals surface area contributed by atoms with Crippen molar-refractivity contribution in [1.29, 1.82) is 0 Å². The Bertz CT molecular complexity index is 1180.